The summed E-state index contributed by atoms with van der Waals surface area (Å²) in [4.78, 5) is 39.2. The van der Waals surface area contributed by atoms with E-state index in [0.717, 1.165) is 11.1 Å². The Labute approximate surface area is 214 Å². The van der Waals surface area contributed by atoms with Crippen LogP contribution in [0.3, 0.4) is 0 Å². The molecule has 1 aliphatic rings. The van der Waals surface area contributed by atoms with E-state index in [2.05, 4.69) is 5.32 Å². The summed E-state index contributed by atoms with van der Waals surface area (Å²) in [5.74, 6) is -0.967. The average molecular weight is 523 g/mol. The number of methoxy groups -OCH3 is 1. The van der Waals surface area contributed by atoms with E-state index in [9.17, 15) is 18.8 Å². The number of rotatable bonds is 9. The van der Waals surface area contributed by atoms with Crippen LogP contribution in [0.15, 0.2) is 42.5 Å². The number of ether oxygens (including phenoxy) is 1. The molecule has 1 saturated heterocycles. The van der Waals surface area contributed by atoms with Crippen LogP contribution in [0.2, 0.25) is 10.0 Å². The van der Waals surface area contributed by atoms with Gasteiger partial charge in [-0.2, -0.15) is 0 Å². The summed E-state index contributed by atoms with van der Waals surface area (Å²) in [6, 6.07) is 10.3. The zero-order valence-electron chi connectivity index (χ0n) is 19.6. The van der Waals surface area contributed by atoms with Crippen LogP contribution in [0, 0.1) is 11.7 Å². The van der Waals surface area contributed by atoms with Crippen molar-refractivity contribution in [1.29, 1.82) is 0 Å². The number of halogens is 3. The SMILES string of the molecule is COC(=O)[C@H](Cc1ccc(F)cc1)NC(=O)CC1CCN(C(=O)CCc2ccc(Cl)c(Cl)c2)CC1. The molecule has 1 N–H and O–H groups in total. The topological polar surface area (TPSA) is 75.7 Å². The first-order valence-corrected chi connectivity index (χ1v) is 12.3. The molecular formula is C26H29Cl2FN2O4. The van der Waals surface area contributed by atoms with Crippen molar-refractivity contribution < 1.29 is 23.5 Å². The van der Waals surface area contributed by atoms with Crippen molar-refractivity contribution in [2.24, 2.45) is 5.92 Å². The fraction of sp³-hybridized carbons (Fsp3) is 0.423. The molecule has 1 fully saturated rings. The molecule has 0 aliphatic carbocycles. The third kappa shape index (κ3) is 8.22. The normalized spacial score (nSPS) is 14.9. The largest absolute Gasteiger partial charge is 0.467 e. The van der Waals surface area contributed by atoms with E-state index in [1.54, 1.807) is 24.3 Å². The number of aryl methyl sites for hydroxylation is 1. The Kier molecular flexibility index (Phi) is 9.93. The fourth-order valence-corrected chi connectivity index (χ4v) is 4.52. The highest BCUT2D eigenvalue weighted by molar-refractivity contribution is 6.42. The lowest BCUT2D eigenvalue weighted by molar-refractivity contribution is -0.145. The zero-order valence-corrected chi connectivity index (χ0v) is 21.1. The summed E-state index contributed by atoms with van der Waals surface area (Å²) in [6.07, 6.45) is 2.88. The Morgan fingerprint density at radius 1 is 1.06 bits per heavy atom. The summed E-state index contributed by atoms with van der Waals surface area (Å²) in [5.41, 5.74) is 1.68. The van der Waals surface area contributed by atoms with Gasteiger partial charge in [-0.3, -0.25) is 9.59 Å². The number of hydrogen-bond donors (Lipinski definition) is 1. The van der Waals surface area contributed by atoms with Crippen molar-refractivity contribution in [3.63, 3.8) is 0 Å². The van der Waals surface area contributed by atoms with Crippen molar-refractivity contribution in [2.45, 2.75) is 44.6 Å². The maximum absolute atomic E-state index is 13.2. The van der Waals surface area contributed by atoms with Crippen molar-refractivity contribution in [1.82, 2.24) is 10.2 Å². The van der Waals surface area contributed by atoms with Crippen LogP contribution in [0.1, 0.15) is 36.8 Å². The van der Waals surface area contributed by atoms with Gasteiger partial charge in [-0.15, -0.1) is 0 Å². The van der Waals surface area contributed by atoms with E-state index < -0.39 is 12.0 Å². The number of carbonyl (C=O) groups is 3. The number of amides is 2. The van der Waals surface area contributed by atoms with Crippen LogP contribution in [0.4, 0.5) is 4.39 Å². The number of nitrogens with zero attached hydrogens (tertiary/aromatic N) is 1. The van der Waals surface area contributed by atoms with Crippen LogP contribution in [0.25, 0.3) is 0 Å². The van der Waals surface area contributed by atoms with Gasteiger partial charge in [0.2, 0.25) is 11.8 Å². The molecule has 0 aromatic heterocycles. The molecule has 6 nitrogen and oxygen atoms in total. The van der Waals surface area contributed by atoms with Crippen LogP contribution in [-0.4, -0.2) is 48.9 Å². The molecule has 0 saturated carbocycles. The van der Waals surface area contributed by atoms with E-state index in [4.69, 9.17) is 27.9 Å². The van der Waals surface area contributed by atoms with Gasteiger partial charge in [-0.1, -0.05) is 41.4 Å². The van der Waals surface area contributed by atoms with Gasteiger partial charge in [0.15, 0.2) is 0 Å². The summed E-state index contributed by atoms with van der Waals surface area (Å²) in [7, 11) is 1.26. The lowest BCUT2D eigenvalue weighted by Crippen LogP contribution is -2.44. The van der Waals surface area contributed by atoms with E-state index in [1.807, 2.05) is 11.0 Å². The minimum Gasteiger partial charge on any atom is -0.467 e. The number of esters is 1. The molecule has 0 bridgehead atoms. The van der Waals surface area contributed by atoms with Crippen molar-refractivity contribution >= 4 is 41.0 Å². The highest BCUT2D eigenvalue weighted by atomic mass is 35.5. The molecule has 1 aliphatic heterocycles. The van der Waals surface area contributed by atoms with Gasteiger partial charge in [0, 0.05) is 32.4 Å². The molecule has 9 heteroatoms. The Morgan fingerprint density at radius 3 is 2.34 bits per heavy atom. The quantitative estimate of drug-likeness (QED) is 0.488. The maximum Gasteiger partial charge on any atom is 0.328 e. The van der Waals surface area contributed by atoms with Gasteiger partial charge < -0.3 is 15.0 Å². The van der Waals surface area contributed by atoms with Crippen molar-refractivity contribution in [2.75, 3.05) is 20.2 Å². The smallest absolute Gasteiger partial charge is 0.328 e. The summed E-state index contributed by atoms with van der Waals surface area (Å²) < 4.78 is 18.0. The van der Waals surface area contributed by atoms with Crippen LogP contribution in [-0.2, 0) is 32.0 Å². The Bertz CT molecular complexity index is 1040. The minimum absolute atomic E-state index is 0.0732. The number of benzene rings is 2. The lowest BCUT2D eigenvalue weighted by Gasteiger charge is -2.32. The second-order valence-electron chi connectivity index (χ2n) is 8.75. The molecule has 2 amide bonds. The molecule has 35 heavy (non-hydrogen) atoms. The van der Waals surface area contributed by atoms with Crippen LogP contribution >= 0.6 is 23.2 Å². The molecule has 2 aromatic carbocycles. The Hall–Kier alpha value is -2.64. The monoisotopic (exact) mass is 522 g/mol. The number of likely N-dealkylation sites (tertiary alicyclic amines) is 1. The van der Waals surface area contributed by atoms with Gasteiger partial charge in [-0.25, -0.2) is 9.18 Å². The first-order valence-electron chi connectivity index (χ1n) is 11.6. The molecular weight excluding hydrogens is 494 g/mol. The second kappa shape index (κ2) is 12.9. The first-order chi connectivity index (χ1) is 16.7. The summed E-state index contributed by atoms with van der Waals surface area (Å²) >= 11 is 12.0. The maximum atomic E-state index is 13.2. The number of carbonyl (C=O) groups excluding carboxylic acids is 3. The molecule has 0 unspecified atom stereocenters. The molecule has 0 spiro atoms. The van der Waals surface area contributed by atoms with E-state index in [1.165, 1.54) is 19.2 Å². The Morgan fingerprint density at radius 2 is 1.71 bits per heavy atom. The lowest BCUT2D eigenvalue weighted by atomic mass is 9.92. The third-order valence-electron chi connectivity index (χ3n) is 6.23. The summed E-state index contributed by atoms with van der Waals surface area (Å²) in [6.45, 7) is 1.18. The molecule has 1 heterocycles. The van der Waals surface area contributed by atoms with E-state index in [-0.39, 0.29) is 36.4 Å². The standard InChI is InChI=1S/C26H29Cl2FN2O4/c1-35-26(34)23(15-18-2-6-20(29)7-3-18)30-24(32)16-19-10-12-31(13-11-19)25(33)9-5-17-4-8-21(27)22(28)14-17/h2-4,6-8,14,19,23H,5,9-13,15-16H2,1H3,(H,30,32)/t23-/m0/s1. The minimum atomic E-state index is -0.846. The highest BCUT2D eigenvalue weighted by Crippen LogP contribution is 2.24. The van der Waals surface area contributed by atoms with Crippen LogP contribution in [0.5, 0.6) is 0 Å². The van der Waals surface area contributed by atoms with Crippen molar-refractivity contribution in [3.8, 4) is 0 Å². The van der Waals surface area contributed by atoms with Gasteiger partial charge in [0.25, 0.3) is 0 Å². The predicted molar refractivity (Wildman–Crippen MR) is 133 cm³/mol. The number of nitrogens with one attached hydrogen (secondary N) is 1. The second-order valence-corrected chi connectivity index (χ2v) is 9.56. The Balaban J connectivity index is 1.44. The molecule has 2 aromatic rings. The van der Waals surface area contributed by atoms with Gasteiger partial charge in [0.1, 0.15) is 11.9 Å². The van der Waals surface area contributed by atoms with Gasteiger partial charge in [-0.05, 0) is 60.6 Å². The molecule has 0 radical (unpaired) electrons. The van der Waals surface area contributed by atoms with Gasteiger partial charge in [0.05, 0.1) is 17.2 Å². The van der Waals surface area contributed by atoms with Gasteiger partial charge >= 0.3 is 5.97 Å². The van der Waals surface area contributed by atoms with E-state index >= 15 is 0 Å². The number of hydrogen-bond acceptors (Lipinski definition) is 4. The number of piperidine rings is 1. The zero-order chi connectivity index (χ0) is 25.4. The average Bonchev–Trinajstić information content (AvgIpc) is 2.85. The molecule has 1 atom stereocenters. The molecule has 188 valence electrons. The summed E-state index contributed by atoms with van der Waals surface area (Å²) in [5, 5.41) is 3.71. The van der Waals surface area contributed by atoms with Crippen LogP contribution < -0.4 is 5.32 Å². The highest BCUT2D eigenvalue weighted by Gasteiger charge is 2.27. The fourth-order valence-electron chi connectivity index (χ4n) is 4.20. The third-order valence-corrected chi connectivity index (χ3v) is 6.97. The molecule has 3 rings (SSSR count). The van der Waals surface area contributed by atoms with E-state index in [0.29, 0.717) is 48.8 Å². The first kappa shape index (κ1) is 27.0. The predicted octanol–water partition coefficient (Wildman–Crippen LogP) is 4.59. The van der Waals surface area contributed by atoms with Crippen molar-refractivity contribution in [3.05, 3.63) is 69.5 Å².